The Morgan fingerprint density at radius 2 is 0.804 bits per heavy atom. The number of hydrogen-bond acceptors (Lipinski definition) is 12. The molecule has 292 valence electrons. The number of carbonyl (C=O) groups is 6. The van der Waals surface area contributed by atoms with Crippen LogP contribution < -0.4 is 21.3 Å². The Kier molecular flexibility index (Phi) is 11.0. The Morgan fingerprint density at radius 3 is 1.05 bits per heavy atom. The highest BCUT2D eigenvalue weighted by Crippen LogP contribution is 2.45. The van der Waals surface area contributed by atoms with Crippen LogP contribution in [0.25, 0.3) is 0 Å². The smallest absolute Gasteiger partial charge is 0.416 e. The van der Waals surface area contributed by atoms with Gasteiger partial charge in [-0.3, -0.25) is 29.0 Å². The van der Waals surface area contributed by atoms with Crippen LogP contribution >= 0.6 is 0 Å². The highest BCUT2D eigenvalue weighted by atomic mass is 16.6. The second-order valence-corrected chi connectivity index (χ2v) is 15.3. The lowest BCUT2D eigenvalue weighted by molar-refractivity contribution is 0.0555. The van der Waals surface area contributed by atoms with Crippen LogP contribution in [0.5, 0.6) is 11.5 Å². The van der Waals surface area contributed by atoms with Gasteiger partial charge in [0.1, 0.15) is 22.7 Å². The molecule has 0 aliphatic heterocycles. The molecule has 2 amide bonds. The Bertz CT molecular complexity index is 2090. The number of fused-ring (bicyclic) bond motifs is 4. The van der Waals surface area contributed by atoms with Gasteiger partial charge < -0.3 is 31.2 Å². The lowest BCUT2D eigenvalue weighted by atomic mass is 9.80. The summed E-state index contributed by atoms with van der Waals surface area (Å²) >= 11 is 0. The zero-order valence-corrected chi connectivity index (χ0v) is 32.3. The van der Waals surface area contributed by atoms with Gasteiger partial charge in [-0.05, 0) is 79.7 Å². The van der Waals surface area contributed by atoms with Crippen molar-refractivity contribution in [2.24, 2.45) is 11.5 Å². The van der Waals surface area contributed by atoms with Crippen LogP contribution in [0.1, 0.15) is 119 Å². The summed E-state index contributed by atoms with van der Waals surface area (Å²) in [7, 11) is 0. The van der Waals surface area contributed by atoms with Crippen LogP contribution in [-0.4, -0.2) is 69.1 Å². The number of amides is 2. The maximum absolute atomic E-state index is 14.0. The van der Waals surface area contributed by atoms with E-state index in [-0.39, 0.29) is 34.1 Å². The molecule has 56 heavy (non-hydrogen) atoms. The Hall–Kier alpha value is -6.38. The summed E-state index contributed by atoms with van der Waals surface area (Å²) in [5.41, 5.74) is 10.6. The van der Waals surface area contributed by atoms with Crippen LogP contribution in [0.15, 0.2) is 72.8 Å². The fourth-order valence-corrected chi connectivity index (χ4v) is 6.37. The molecule has 0 fully saturated rings. The van der Waals surface area contributed by atoms with Gasteiger partial charge in [0.2, 0.25) is 11.6 Å². The summed E-state index contributed by atoms with van der Waals surface area (Å²) in [6.45, 7) is 12.8. The molecule has 2 atom stereocenters. The van der Waals surface area contributed by atoms with Crippen molar-refractivity contribution in [2.45, 2.75) is 78.9 Å². The summed E-state index contributed by atoms with van der Waals surface area (Å²) in [5, 5.41) is 21.1. The number of carbonyl (C=O) groups excluding carboxylic acids is 6. The number of nitrogens with two attached hydrogens (primary N) is 2. The summed E-state index contributed by atoms with van der Waals surface area (Å²) in [6.07, 6.45) is -3.89. The van der Waals surface area contributed by atoms with Crippen molar-refractivity contribution in [3.05, 3.63) is 117 Å². The van der Waals surface area contributed by atoms with Gasteiger partial charge in [-0.2, -0.15) is 0 Å². The number of hydrogen-bond donors (Lipinski definition) is 4. The standard InChI is InChI=1S/C28H36N4O8.C14H8O2/c1-13(29)31(25(37)39-27(3,4)5)15-9-10-16(32(14(2)30)26(38)40-28(6,7)8)20-19(15)23(35)21-17(33)11-12-18(34)22(21)24(20)36;15-13-9-5-1-2-6-10(9)14(16)12-8-4-3-7-11(12)13/h9-14,33-34H,29-30H2,1-8H3;1-8H. The molecule has 0 saturated carbocycles. The van der Waals surface area contributed by atoms with Gasteiger partial charge in [-0.25, -0.2) is 9.59 Å². The van der Waals surface area contributed by atoms with Crippen LogP contribution in [0.2, 0.25) is 0 Å². The molecule has 4 aromatic carbocycles. The fraction of sp³-hybridized carbons (Fsp3) is 0.286. The van der Waals surface area contributed by atoms with E-state index in [4.69, 9.17) is 20.9 Å². The Morgan fingerprint density at radius 1 is 0.518 bits per heavy atom. The topological polar surface area (TPSA) is 220 Å². The number of ether oxygens (including phenoxy) is 2. The molecule has 6 N–H and O–H groups in total. The molecular formula is C42H44N4O10. The van der Waals surface area contributed by atoms with E-state index >= 15 is 0 Å². The van der Waals surface area contributed by atoms with Crippen molar-refractivity contribution >= 4 is 46.7 Å². The first kappa shape index (κ1) is 40.8. The molecule has 2 unspecified atom stereocenters. The number of benzene rings is 4. The van der Waals surface area contributed by atoms with Gasteiger partial charge in [0, 0.05) is 22.3 Å². The van der Waals surface area contributed by atoms with Crippen molar-refractivity contribution < 1.29 is 48.5 Å². The van der Waals surface area contributed by atoms with Crippen molar-refractivity contribution in [1.82, 2.24) is 0 Å². The molecule has 4 aromatic rings. The normalized spacial score (nSPS) is 14.2. The third kappa shape index (κ3) is 7.74. The summed E-state index contributed by atoms with van der Waals surface area (Å²) in [5.74, 6) is -3.03. The third-order valence-corrected chi connectivity index (χ3v) is 8.58. The lowest BCUT2D eigenvalue weighted by Crippen LogP contribution is -2.49. The second-order valence-electron chi connectivity index (χ2n) is 15.3. The van der Waals surface area contributed by atoms with E-state index in [2.05, 4.69) is 0 Å². The molecule has 0 spiro atoms. The number of rotatable bonds is 4. The summed E-state index contributed by atoms with van der Waals surface area (Å²) in [4.78, 5) is 80.8. The molecule has 0 aromatic heterocycles. The van der Waals surface area contributed by atoms with Crippen molar-refractivity contribution in [3.63, 3.8) is 0 Å². The zero-order chi connectivity index (χ0) is 41.6. The summed E-state index contributed by atoms with van der Waals surface area (Å²) in [6, 6.07) is 18.7. The van der Waals surface area contributed by atoms with Gasteiger partial charge in [-0.15, -0.1) is 0 Å². The third-order valence-electron chi connectivity index (χ3n) is 8.58. The number of aromatic hydroxyl groups is 2. The van der Waals surface area contributed by atoms with E-state index in [9.17, 15) is 39.0 Å². The maximum atomic E-state index is 14.0. The molecule has 2 aliphatic carbocycles. The molecule has 0 saturated heterocycles. The van der Waals surface area contributed by atoms with Crippen molar-refractivity contribution in [1.29, 1.82) is 0 Å². The Labute approximate surface area is 323 Å². The van der Waals surface area contributed by atoms with Gasteiger partial charge in [0.25, 0.3) is 0 Å². The van der Waals surface area contributed by atoms with E-state index < -0.39 is 69.9 Å². The molecule has 0 bridgehead atoms. The monoisotopic (exact) mass is 764 g/mol. The van der Waals surface area contributed by atoms with Crippen molar-refractivity contribution in [3.8, 4) is 11.5 Å². The van der Waals surface area contributed by atoms with Crippen LogP contribution in [0.3, 0.4) is 0 Å². The highest BCUT2D eigenvalue weighted by Gasteiger charge is 2.43. The number of phenolic OH excluding ortho intramolecular Hbond substituents is 2. The molecule has 14 nitrogen and oxygen atoms in total. The van der Waals surface area contributed by atoms with E-state index in [1.54, 1.807) is 90.1 Å². The van der Waals surface area contributed by atoms with Gasteiger partial charge in [0.05, 0.1) is 46.0 Å². The molecule has 6 rings (SSSR count). The predicted octanol–water partition coefficient (Wildman–Crippen LogP) is 6.43. The minimum atomic E-state index is -1.04. The SMILES string of the molecule is CC(N)N(C(=O)OC(C)(C)C)c1ccc(N(C(=O)OC(C)(C)C)C(C)N)c2c1C(=O)c1c(O)ccc(O)c1C2=O.O=C1c2ccccc2C(=O)c2ccccc21. The molecule has 14 heteroatoms. The van der Waals surface area contributed by atoms with Gasteiger partial charge in [-0.1, -0.05) is 48.5 Å². The molecule has 0 heterocycles. The predicted molar refractivity (Wildman–Crippen MR) is 208 cm³/mol. The van der Waals surface area contributed by atoms with E-state index in [1.807, 2.05) is 0 Å². The van der Waals surface area contributed by atoms with Crippen LogP contribution in [0, 0.1) is 0 Å². The summed E-state index contributed by atoms with van der Waals surface area (Å²) < 4.78 is 11.0. The van der Waals surface area contributed by atoms with Crippen LogP contribution in [-0.2, 0) is 9.47 Å². The number of anilines is 2. The number of ketones is 4. The number of nitrogens with zero attached hydrogens (tertiary/aromatic N) is 2. The lowest BCUT2D eigenvalue weighted by Gasteiger charge is -2.35. The highest BCUT2D eigenvalue weighted by molar-refractivity contribution is 6.34. The van der Waals surface area contributed by atoms with E-state index in [0.717, 1.165) is 21.9 Å². The fourth-order valence-electron chi connectivity index (χ4n) is 6.37. The zero-order valence-electron chi connectivity index (χ0n) is 32.3. The minimum absolute atomic E-state index is 0.0641. The first-order chi connectivity index (χ1) is 26.1. The first-order valence-electron chi connectivity index (χ1n) is 17.7. The molecule has 0 radical (unpaired) electrons. The van der Waals surface area contributed by atoms with Gasteiger partial charge >= 0.3 is 12.2 Å². The van der Waals surface area contributed by atoms with Crippen LogP contribution in [0.4, 0.5) is 21.0 Å². The largest absolute Gasteiger partial charge is 0.507 e. The van der Waals surface area contributed by atoms with E-state index in [0.29, 0.717) is 22.3 Å². The Balaban J connectivity index is 0.000000307. The average Bonchev–Trinajstić information content (AvgIpc) is 3.09. The quantitative estimate of drug-likeness (QED) is 0.113. The second kappa shape index (κ2) is 15.0. The average molecular weight is 765 g/mol. The number of phenols is 2. The maximum Gasteiger partial charge on any atom is 0.416 e. The van der Waals surface area contributed by atoms with E-state index in [1.165, 1.54) is 26.0 Å². The minimum Gasteiger partial charge on any atom is -0.507 e. The molecular weight excluding hydrogens is 720 g/mol. The van der Waals surface area contributed by atoms with Crippen molar-refractivity contribution in [2.75, 3.05) is 9.80 Å². The first-order valence-corrected chi connectivity index (χ1v) is 17.7. The van der Waals surface area contributed by atoms with Gasteiger partial charge in [0.15, 0.2) is 11.6 Å². The molecule has 2 aliphatic rings.